The Morgan fingerprint density at radius 3 is 2.88 bits per heavy atom. The van der Waals surface area contributed by atoms with Crippen molar-refractivity contribution in [2.24, 2.45) is 5.73 Å². The molecule has 1 aromatic heterocycles. The van der Waals surface area contributed by atoms with Crippen LogP contribution >= 0.6 is 0 Å². The van der Waals surface area contributed by atoms with Gasteiger partial charge in [-0.2, -0.15) is 0 Å². The van der Waals surface area contributed by atoms with Crippen LogP contribution < -0.4 is 5.73 Å². The van der Waals surface area contributed by atoms with E-state index in [1.807, 2.05) is 0 Å². The summed E-state index contributed by atoms with van der Waals surface area (Å²) in [7, 11) is 0. The summed E-state index contributed by atoms with van der Waals surface area (Å²) in [4.78, 5) is 3.31. The molecule has 0 spiro atoms. The molecule has 0 saturated heterocycles. The van der Waals surface area contributed by atoms with Gasteiger partial charge in [0, 0.05) is 23.1 Å². The maximum atomic E-state index is 5.74. The molecule has 2 nitrogen and oxygen atoms in total. The minimum absolute atomic E-state index is 0.336. The summed E-state index contributed by atoms with van der Waals surface area (Å²) in [6, 6.07) is 8.82. The van der Waals surface area contributed by atoms with E-state index in [0.717, 1.165) is 12.8 Å². The van der Waals surface area contributed by atoms with Gasteiger partial charge in [-0.25, -0.2) is 0 Å². The van der Waals surface area contributed by atoms with Gasteiger partial charge in [0.25, 0.3) is 0 Å². The molecule has 0 aliphatic rings. The highest BCUT2D eigenvalue weighted by molar-refractivity contribution is 5.82. The summed E-state index contributed by atoms with van der Waals surface area (Å²) < 4.78 is 0. The number of aromatic amines is 1. The molecule has 2 heteroatoms. The molecular weight excluding hydrogens is 196 g/mol. The second kappa shape index (κ2) is 5.17. The van der Waals surface area contributed by atoms with Crippen LogP contribution in [0.1, 0.15) is 31.7 Å². The van der Waals surface area contributed by atoms with Crippen molar-refractivity contribution in [1.29, 1.82) is 0 Å². The van der Waals surface area contributed by atoms with Crippen LogP contribution in [0.4, 0.5) is 0 Å². The van der Waals surface area contributed by atoms with E-state index in [4.69, 9.17) is 5.73 Å². The fraction of sp³-hybridized carbons (Fsp3) is 0.429. The van der Waals surface area contributed by atoms with Gasteiger partial charge in [0.15, 0.2) is 0 Å². The number of hydrogen-bond donors (Lipinski definition) is 2. The van der Waals surface area contributed by atoms with Crippen molar-refractivity contribution in [2.45, 2.75) is 38.6 Å². The van der Waals surface area contributed by atoms with E-state index < -0.39 is 0 Å². The molecule has 1 unspecified atom stereocenters. The van der Waals surface area contributed by atoms with Crippen LogP contribution in [0.25, 0.3) is 10.9 Å². The van der Waals surface area contributed by atoms with Crippen LogP contribution in [0, 0.1) is 0 Å². The Morgan fingerprint density at radius 2 is 2.06 bits per heavy atom. The van der Waals surface area contributed by atoms with Gasteiger partial charge in [-0.15, -0.1) is 0 Å². The third-order valence-electron chi connectivity index (χ3n) is 3.03. The number of para-hydroxylation sites is 1. The molecule has 0 aliphatic carbocycles. The highest BCUT2D eigenvalue weighted by Crippen LogP contribution is 2.19. The Kier molecular flexibility index (Phi) is 3.62. The number of aromatic nitrogens is 1. The minimum atomic E-state index is 0.336. The quantitative estimate of drug-likeness (QED) is 0.740. The molecule has 0 radical (unpaired) electrons. The lowest BCUT2D eigenvalue weighted by Gasteiger charge is -2.03. The third kappa shape index (κ3) is 2.64. The lowest BCUT2D eigenvalue weighted by molar-refractivity contribution is 0.598. The SMILES string of the molecule is CC(N)CCCCc1c[nH]c2ccccc12. The maximum Gasteiger partial charge on any atom is 0.0456 e. The standard InChI is InChI=1S/C14H20N2/c1-11(15)6-2-3-7-12-10-16-14-9-5-4-8-13(12)14/h4-5,8-11,16H,2-3,6-7,15H2,1H3. The molecule has 2 rings (SSSR count). The van der Waals surface area contributed by atoms with Crippen LogP contribution in [-0.2, 0) is 6.42 Å². The maximum absolute atomic E-state index is 5.74. The number of nitrogens with one attached hydrogen (secondary N) is 1. The van der Waals surface area contributed by atoms with Crippen molar-refractivity contribution >= 4 is 10.9 Å². The largest absolute Gasteiger partial charge is 0.361 e. The second-order valence-corrected chi connectivity index (χ2v) is 4.58. The van der Waals surface area contributed by atoms with Crippen molar-refractivity contribution in [2.75, 3.05) is 0 Å². The highest BCUT2D eigenvalue weighted by Gasteiger charge is 2.02. The lowest BCUT2D eigenvalue weighted by atomic mass is 10.0. The number of H-pyrrole nitrogens is 1. The summed E-state index contributed by atoms with van der Waals surface area (Å²) in [5, 5.41) is 1.36. The molecule has 16 heavy (non-hydrogen) atoms. The van der Waals surface area contributed by atoms with Crippen molar-refractivity contribution in [3.63, 3.8) is 0 Å². The predicted octanol–water partition coefficient (Wildman–Crippen LogP) is 3.23. The zero-order valence-electron chi connectivity index (χ0n) is 9.87. The van der Waals surface area contributed by atoms with Gasteiger partial charge in [0.2, 0.25) is 0 Å². The van der Waals surface area contributed by atoms with Crippen LogP contribution in [0.15, 0.2) is 30.5 Å². The fourth-order valence-electron chi connectivity index (χ4n) is 2.12. The Labute approximate surface area is 96.9 Å². The Morgan fingerprint density at radius 1 is 1.25 bits per heavy atom. The number of nitrogens with two attached hydrogens (primary N) is 1. The first-order valence-electron chi connectivity index (χ1n) is 6.08. The lowest BCUT2D eigenvalue weighted by Crippen LogP contribution is -2.14. The molecule has 0 saturated carbocycles. The Hall–Kier alpha value is -1.28. The second-order valence-electron chi connectivity index (χ2n) is 4.58. The fourth-order valence-corrected chi connectivity index (χ4v) is 2.12. The first-order valence-corrected chi connectivity index (χ1v) is 6.08. The number of aryl methyl sites for hydroxylation is 1. The summed E-state index contributed by atoms with van der Waals surface area (Å²) >= 11 is 0. The molecule has 86 valence electrons. The number of rotatable bonds is 5. The molecule has 0 amide bonds. The van der Waals surface area contributed by atoms with Crippen molar-refractivity contribution in [3.8, 4) is 0 Å². The van der Waals surface area contributed by atoms with Crippen LogP contribution in [0.5, 0.6) is 0 Å². The molecular formula is C14H20N2. The van der Waals surface area contributed by atoms with Crippen LogP contribution in [0.2, 0.25) is 0 Å². The van der Waals surface area contributed by atoms with Gasteiger partial charge in [0.05, 0.1) is 0 Å². The van der Waals surface area contributed by atoms with Crippen molar-refractivity contribution in [3.05, 3.63) is 36.0 Å². The molecule has 0 bridgehead atoms. The van der Waals surface area contributed by atoms with E-state index in [0.29, 0.717) is 6.04 Å². The first-order chi connectivity index (χ1) is 7.77. The van der Waals surface area contributed by atoms with E-state index in [2.05, 4.69) is 42.4 Å². The van der Waals surface area contributed by atoms with E-state index in [1.165, 1.54) is 29.3 Å². The molecule has 2 aromatic rings. The molecule has 1 heterocycles. The monoisotopic (exact) mass is 216 g/mol. The van der Waals surface area contributed by atoms with Gasteiger partial charge < -0.3 is 10.7 Å². The summed E-state index contributed by atoms with van der Waals surface area (Å²) in [6.45, 7) is 2.08. The van der Waals surface area contributed by atoms with Crippen LogP contribution in [-0.4, -0.2) is 11.0 Å². The first kappa shape index (κ1) is 11.2. The van der Waals surface area contributed by atoms with Gasteiger partial charge >= 0.3 is 0 Å². The van der Waals surface area contributed by atoms with E-state index in [-0.39, 0.29) is 0 Å². The van der Waals surface area contributed by atoms with E-state index in [1.54, 1.807) is 0 Å². The van der Waals surface area contributed by atoms with Gasteiger partial charge in [-0.05, 0) is 37.8 Å². The normalized spacial score (nSPS) is 13.1. The number of hydrogen-bond acceptors (Lipinski definition) is 1. The van der Waals surface area contributed by atoms with E-state index in [9.17, 15) is 0 Å². The molecule has 0 aliphatic heterocycles. The smallest absolute Gasteiger partial charge is 0.0456 e. The zero-order valence-corrected chi connectivity index (χ0v) is 9.87. The van der Waals surface area contributed by atoms with E-state index >= 15 is 0 Å². The average Bonchev–Trinajstić information content (AvgIpc) is 2.68. The number of fused-ring (bicyclic) bond motifs is 1. The van der Waals surface area contributed by atoms with Gasteiger partial charge in [0.1, 0.15) is 0 Å². The number of unbranched alkanes of at least 4 members (excludes halogenated alkanes) is 1. The van der Waals surface area contributed by atoms with Gasteiger partial charge in [-0.1, -0.05) is 24.6 Å². The van der Waals surface area contributed by atoms with Crippen molar-refractivity contribution in [1.82, 2.24) is 4.98 Å². The molecule has 0 fully saturated rings. The predicted molar refractivity (Wildman–Crippen MR) is 69.5 cm³/mol. The van der Waals surface area contributed by atoms with Crippen molar-refractivity contribution < 1.29 is 0 Å². The molecule has 3 N–H and O–H groups in total. The number of benzene rings is 1. The van der Waals surface area contributed by atoms with Gasteiger partial charge in [-0.3, -0.25) is 0 Å². The Balaban J connectivity index is 1.94. The topological polar surface area (TPSA) is 41.8 Å². The summed E-state index contributed by atoms with van der Waals surface area (Å²) in [5.74, 6) is 0. The Bertz CT molecular complexity index is 443. The summed E-state index contributed by atoms with van der Waals surface area (Å²) in [5.41, 5.74) is 8.41. The minimum Gasteiger partial charge on any atom is -0.361 e. The van der Waals surface area contributed by atoms with Crippen LogP contribution in [0.3, 0.4) is 0 Å². The average molecular weight is 216 g/mol. The zero-order chi connectivity index (χ0) is 11.4. The molecule has 1 aromatic carbocycles. The third-order valence-corrected chi connectivity index (χ3v) is 3.03. The highest BCUT2D eigenvalue weighted by atomic mass is 14.7. The summed E-state index contributed by atoms with van der Waals surface area (Å²) in [6.07, 6.45) is 6.86. The molecule has 1 atom stereocenters.